The zero-order valence-corrected chi connectivity index (χ0v) is 50.0. The minimum atomic E-state index is -0.179. The van der Waals surface area contributed by atoms with Gasteiger partial charge in [-0.25, -0.2) is 0 Å². The first-order valence-electron chi connectivity index (χ1n) is 29.9. The molecule has 15 heterocycles. The Hall–Kier alpha value is -8.01. The highest BCUT2D eigenvalue weighted by atomic mass is 14.7. The largest absolute Gasteiger partial charge is 0.256 e. The lowest BCUT2D eigenvalue weighted by atomic mass is 9.74. The Morgan fingerprint density at radius 3 is 1.02 bits per heavy atom. The number of aromatic nitrogens is 3. The highest BCUT2D eigenvalue weighted by Gasteiger charge is 2.29. The number of pyridine rings is 3. The predicted molar refractivity (Wildman–Crippen MR) is 344 cm³/mol. The number of aryl methyl sites for hydroxylation is 2. The van der Waals surface area contributed by atoms with Gasteiger partial charge in [0, 0.05) is 35.3 Å². The first-order chi connectivity index (χ1) is 39.2. The van der Waals surface area contributed by atoms with Crippen molar-refractivity contribution in [1.29, 1.82) is 0 Å². The second-order valence-corrected chi connectivity index (χ2v) is 27.4. The molecule has 9 aliphatic carbocycles. The Bertz CT molecular complexity index is 3760. The van der Waals surface area contributed by atoms with E-state index in [1.165, 1.54) is 89.0 Å². The van der Waals surface area contributed by atoms with Crippen LogP contribution < -0.4 is 0 Å². The molecule has 0 fully saturated rings. The maximum Gasteiger partial charge on any atom is 0.0708 e. The van der Waals surface area contributed by atoms with E-state index in [0.717, 1.165) is 78.7 Å². The zero-order chi connectivity index (χ0) is 57.0. The average Bonchev–Trinajstić information content (AvgIpc) is 3.34. The molecule has 0 saturated heterocycles. The topological polar surface area (TPSA) is 38.7 Å². The van der Waals surface area contributed by atoms with Crippen LogP contribution in [-0.4, -0.2) is 15.0 Å². The van der Waals surface area contributed by atoms with Crippen molar-refractivity contribution in [2.75, 3.05) is 0 Å². The molecule has 31 rings (SSSR count). The van der Waals surface area contributed by atoms with Crippen LogP contribution in [0.1, 0.15) is 136 Å². The Morgan fingerprint density at radius 1 is 0.256 bits per heavy atom. The Labute approximate surface area is 489 Å². The summed E-state index contributed by atoms with van der Waals surface area (Å²) in [4.78, 5) is 15.6. The first-order valence-corrected chi connectivity index (χ1v) is 29.9. The maximum absolute atomic E-state index is 5.30. The zero-order valence-electron chi connectivity index (χ0n) is 50.0. The van der Waals surface area contributed by atoms with Gasteiger partial charge in [-0.3, -0.25) is 15.0 Å². The van der Waals surface area contributed by atoms with Crippen LogP contribution in [0.5, 0.6) is 0 Å². The van der Waals surface area contributed by atoms with Gasteiger partial charge in [0.15, 0.2) is 0 Å². The lowest BCUT2D eigenvalue weighted by Crippen LogP contribution is -2.24. The summed E-state index contributed by atoms with van der Waals surface area (Å²) in [6, 6.07) is 73.9. The van der Waals surface area contributed by atoms with Crippen molar-refractivity contribution >= 4 is 0 Å². The van der Waals surface area contributed by atoms with Gasteiger partial charge in [0.1, 0.15) is 0 Å². The summed E-state index contributed by atoms with van der Waals surface area (Å²) >= 11 is 0. The number of benzene rings is 7. The van der Waals surface area contributed by atoms with Crippen LogP contribution in [0.25, 0.3) is 56.0 Å². The molecule has 7 aromatic carbocycles. The van der Waals surface area contributed by atoms with Gasteiger partial charge in [0.2, 0.25) is 0 Å². The van der Waals surface area contributed by atoms with Gasteiger partial charge < -0.3 is 0 Å². The summed E-state index contributed by atoms with van der Waals surface area (Å²) in [6.45, 7) is 23.9. The second-order valence-electron chi connectivity index (χ2n) is 27.4. The number of rotatable bonds is 2. The third-order valence-electron chi connectivity index (χ3n) is 18.4. The summed E-state index contributed by atoms with van der Waals surface area (Å²) in [5.41, 5.74) is 26.3. The Kier molecular flexibility index (Phi) is 14.2. The highest BCUT2D eigenvalue weighted by molar-refractivity contribution is 5.78. The van der Waals surface area contributed by atoms with Crippen LogP contribution in [0, 0.1) is 0 Å². The molecule has 410 valence electrons. The third kappa shape index (κ3) is 11.6. The van der Waals surface area contributed by atoms with Crippen molar-refractivity contribution in [2.45, 2.75) is 141 Å². The van der Waals surface area contributed by atoms with Gasteiger partial charge in [-0.2, -0.15) is 0 Å². The average molecular weight is 1070 g/mol. The van der Waals surface area contributed by atoms with E-state index < -0.39 is 0 Å². The molecule has 0 N–H and O–H groups in total. The van der Waals surface area contributed by atoms with Crippen LogP contribution in [0.3, 0.4) is 0 Å². The van der Waals surface area contributed by atoms with Gasteiger partial charge in [-0.15, -0.1) is 0 Å². The molecule has 0 radical (unpaired) electrons. The summed E-state index contributed by atoms with van der Waals surface area (Å²) in [7, 11) is 0. The van der Waals surface area contributed by atoms with Crippen LogP contribution in [0.2, 0.25) is 0 Å². The first kappa shape index (κ1) is 54.6. The van der Waals surface area contributed by atoms with Crippen molar-refractivity contribution in [3.63, 3.8) is 0 Å². The lowest BCUT2D eigenvalue weighted by Gasteiger charge is -2.30. The normalized spacial score (nSPS) is 16.8. The number of hydrogen-bond acceptors (Lipinski definition) is 3. The highest BCUT2D eigenvalue weighted by Crippen LogP contribution is 2.40. The SMILES string of the molecule is CC1(C)Cc2cc3cc(c2)CC(C)(C)c2ccc(cc2)-c2cc(-c4cccc(-c5ccccc5)c4)c(cn2)CCc2cc(cc(c2)CC(C)(C)c2ccc(nc2)-c2ccc(cc2)C(C)(C)C3)CC(C)(C)c2ccc(nc2)-c2ccc1cc2. The number of hydrogen-bond donors (Lipinski definition) is 0. The molecule has 0 saturated carbocycles. The van der Waals surface area contributed by atoms with Crippen LogP contribution >= 0.6 is 0 Å². The maximum atomic E-state index is 5.30. The molecule has 10 aromatic rings. The van der Waals surface area contributed by atoms with Crippen LogP contribution in [-0.2, 0) is 72.0 Å². The summed E-state index contributed by atoms with van der Waals surface area (Å²) < 4.78 is 0. The van der Waals surface area contributed by atoms with E-state index >= 15 is 0 Å². The molecule has 0 unspecified atom stereocenters. The molecule has 12 aliphatic heterocycles. The molecule has 3 nitrogen and oxygen atoms in total. The predicted octanol–water partition coefficient (Wildman–Crippen LogP) is 19.2. The fraction of sp³-hybridized carbons (Fsp3) is 0.278. The molecule has 0 spiro atoms. The smallest absolute Gasteiger partial charge is 0.0708 e. The van der Waals surface area contributed by atoms with E-state index in [2.05, 4.69) is 282 Å². The molecule has 3 aromatic heterocycles. The Balaban J connectivity index is 1.04. The molecular weight excluding hydrogens is 991 g/mol. The third-order valence-corrected chi connectivity index (χ3v) is 18.4. The van der Waals surface area contributed by atoms with Gasteiger partial charge in [-0.05, 0) is 185 Å². The minimum Gasteiger partial charge on any atom is -0.256 e. The lowest BCUT2D eigenvalue weighted by molar-refractivity contribution is 0.507. The van der Waals surface area contributed by atoms with Crippen molar-refractivity contribution in [2.24, 2.45) is 0 Å². The summed E-state index contributed by atoms with van der Waals surface area (Å²) in [5.74, 6) is 0. The van der Waals surface area contributed by atoms with Crippen molar-refractivity contribution < 1.29 is 0 Å². The molecule has 21 aliphatic rings. The minimum absolute atomic E-state index is 0.122. The molecule has 3 heteroatoms. The molecular formula is C79H79N3. The van der Waals surface area contributed by atoms with E-state index in [-0.39, 0.29) is 27.1 Å². The molecule has 82 heavy (non-hydrogen) atoms. The van der Waals surface area contributed by atoms with E-state index in [1.807, 2.05) is 0 Å². The van der Waals surface area contributed by atoms with E-state index in [0.29, 0.717) is 0 Å². The number of nitrogens with zero attached hydrogens (tertiary/aromatic N) is 3. The second kappa shape index (κ2) is 21.4. The van der Waals surface area contributed by atoms with Crippen molar-refractivity contribution in [3.8, 4) is 56.0 Å². The molecule has 18 bridgehead atoms. The monoisotopic (exact) mass is 1070 g/mol. The van der Waals surface area contributed by atoms with E-state index in [4.69, 9.17) is 15.0 Å². The van der Waals surface area contributed by atoms with E-state index in [9.17, 15) is 0 Å². The summed E-state index contributed by atoms with van der Waals surface area (Å²) in [5, 5.41) is 0. The van der Waals surface area contributed by atoms with E-state index in [1.54, 1.807) is 0 Å². The standard InChI is InChI=1S/C79H79N3/c1-75(2)45-56-40-57-42-58(41-56)47-77(5,6)68-31-25-62(26-32-68)74-44-71(64-18-14-17-63(43-64)59-15-12-11-13-16-59)65(50-80-74)20-19-53-37-54(48-78(7,8)69-33-35-72(81-51-69)60-21-27-66(75)28-22-60)39-55(38-53)49-79(9,10)70-34-36-73(82-52-70)61-23-29-67(30-24-61)76(3,4)46-57/h11-18,21-44,50-52H,19-20,45-49H2,1-10H3. The van der Waals surface area contributed by atoms with Crippen molar-refractivity contribution in [1.82, 2.24) is 15.0 Å². The Morgan fingerprint density at radius 2 is 0.610 bits per heavy atom. The summed E-state index contributed by atoms with van der Waals surface area (Å²) in [6.07, 6.45) is 12.6. The molecule has 0 amide bonds. The van der Waals surface area contributed by atoms with Gasteiger partial charge in [-0.1, -0.05) is 239 Å². The quantitative estimate of drug-likeness (QED) is 0.173. The van der Waals surface area contributed by atoms with Gasteiger partial charge in [0.05, 0.1) is 17.1 Å². The fourth-order valence-corrected chi connectivity index (χ4v) is 13.5. The van der Waals surface area contributed by atoms with Crippen LogP contribution in [0.15, 0.2) is 213 Å². The fourth-order valence-electron chi connectivity index (χ4n) is 13.5. The van der Waals surface area contributed by atoms with Gasteiger partial charge >= 0.3 is 0 Å². The van der Waals surface area contributed by atoms with Crippen LogP contribution in [0.4, 0.5) is 0 Å². The van der Waals surface area contributed by atoms with Crippen molar-refractivity contribution in [3.05, 3.63) is 279 Å². The van der Waals surface area contributed by atoms with Gasteiger partial charge in [0.25, 0.3) is 0 Å². The molecule has 0 atom stereocenters.